The van der Waals surface area contributed by atoms with Crippen molar-refractivity contribution in [2.24, 2.45) is 0 Å². The Hall–Kier alpha value is -1.71. The fraction of sp³-hybridized carbons (Fsp3) is 0.188. The molecule has 0 spiro atoms. The molecule has 110 valence electrons. The van der Waals surface area contributed by atoms with Gasteiger partial charge in [0.15, 0.2) is 6.29 Å². The molecule has 0 amide bonds. The monoisotopic (exact) mass is 324 g/mol. The molecule has 0 aliphatic heterocycles. The predicted molar refractivity (Wildman–Crippen MR) is 83.9 cm³/mol. The number of benzene rings is 2. The van der Waals surface area contributed by atoms with Gasteiger partial charge >= 0.3 is 0 Å². The quantitative estimate of drug-likeness (QED) is 0.747. The summed E-state index contributed by atoms with van der Waals surface area (Å²) in [5.41, 5.74) is 2.28. The molecule has 0 unspecified atom stereocenters. The van der Waals surface area contributed by atoms with Crippen molar-refractivity contribution >= 4 is 29.5 Å². The van der Waals surface area contributed by atoms with Crippen LogP contribution in [0.4, 0.5) is 0 Å². The Morgan fingerprint density at radius 1 is 1.19 bits per heavy atom. The second kappa shape index (κ2) is 6.83. The number of aldehydes is 1. The molecule has 0 saturated heterocycles. The molecule has 3 nitrogen and oxygen atoms in total. The second-order valence-electron chi connectivity index (χ2n) is 4.53. The van der Waals surface area contributed by atoms with E-state index >= 15 is 0 Å². The zero-order chi connectivity index (χ0) is 15.4. The Balaban J connectivity index is 2.28. The Labute approximate surface area is 133 Å². The Morgan fingerprint density at radius 2 is 1.95 bits per heavy atom. The smallest absolute Gasteiger partial charge is 0.153 e. The molecule has 2 aromatic rings. The normalized spacial score (nSPS) is 10.3. The van der Waals surface area contributed by atoms with Gasteiger partial charge in [0.25, 0.3) is 0 Å². The summed E-state index contributed by atoms with van der Waals surface area (Å²) in [5.74, 6) is 1.04. The zero-order valence-corrected chi connectivity index (χ0v) is 13.2. The summed E-state index contributed by atoms with van der Waals surface area (Å²) >= 11 is 12.0. The van der Waals surface area contributed by atoms with Crippen LogP contribution in [-0.2, 0) is 6.61 Å². The molecule has 0 radical (unpaired) electrons. The number of ether oxygens (including phenoxy) is 2. The summed E-state index contributed by atoms with van der Waals surface area (Å²) in [4.78, 5) is 11.1. The average molecular weight is 325 g/mol. The summed E-state index contributed by atoms with van der Waals surface area (Å²) < 4.78 is 11.0. The highest BCUT2D eigenvalue weighted by Crippen LogP contribution is 2.32. The number of hydrogen-bond donors (Lipinski definition) is 0. The summed E-state index contributed by atoms with van der Waals surface area (Å²) in [6.45, 7) is 2.22. The maximum absolute atomic E-state index is 11.1. The van der Waals surface area contributed by atoms with Crippen molar-refractivity contribution in [1.29, 1.82) is 0 Å². The third-order valence-electron chi connectivity index (χ3n) is 2.97. The van der Waals surface area contributed by atoms with E-state index in [1.807, 2.05) is 25.1 Å². The number of aryl methyl sites for hydroxylation is 1. The van der Waals surface area contributed by atoms with Gasteiger partial charge in [0.2, 0.25) is 0 Å². The highest BCUT2D eigenvalue weighted by molar-refractivity contribution is 6.36. The predicted octanol–water partition coefficient (Wildman–Crippen LogP) is 4.70. The first-order valence-electron chi connectivity index (χ1n) is 6.25. The van der Waals surface area contributed by atoms with Crippen molar-refractivity contribution in [3.05, 3.63) is 57.1 Å². The van der Waals surface area contributed by atoms with Gasteiger partial charge in [-0.2, -0.15) is 0 Å². The number of carbonyl (C=O) groups excluding carboxylic acids is 1. The highest BCUT2D eigenvalue weighted by atomic mass is 35.5. The lowest BCUT2D eigenvalue weighted by Crippen LogP contribution is -2.02. The van der Waals surface area contributed by atoms with E-state index in [0.717, 1.165) is 16.9 Å². The molecule has 21 heavy (non-hydrogen) atoms. The van der Waals surface area contributed by atoms with Gasteiger partial charge in [0, 0.05) is 10.6 Å². The van der Waals surface area contributed by atoms with E-state index < -0.39 is 0 Å². The molecule has 0 N–H and O–H groups in total. The lowest BCUT2D eigenvalue weighted by atomic mass is 10.1. The lowest BCUT2D eigenvalue weighted by Gasteiger charge is -2.13. The van der Waals surface area contributed by atoms with Crippen molar-refractivity contribution in [2.45, 2.75) is 13.5 Å². The first kappa shape index (κ1) is 15.7. The molecule has 0 atom stereocenters. The van der Waals surface area contributed by atoms with Crippen LogP contribution in [0.2, 0.25) is 10.0 Å². The first-order chi connectivity index (χ1) is 10.0. The molecule has 2 rings (SSSR count). The van der Waals surface area contributed by atoms with Gasteiger partial charge < -0.3 is 9.47 Å². The third-order valence-corrected chi connectivity index (χ3v) is 3.47. The first-order valence-corrected chi connectivity index (χ1v) is 7.01. The summed E-state index contributed by atoms with van der Waals surface area (Å²) in [5, 5.41) is 0.693. The fourth-order valence-electron chi connectivity index (χ4n) is 1.99. The number of rotatable bonds is 5. The van der Waals surface area contributed by atoms with Crippen molar-refractivity contribution in [1.82, 2.24) is 0 Å². The van der Waals surface area contributed by atoms with Crippen molar-refractivity contribution in [2.75, 3.05) is 7.11 Å². The molecule has 0 aliphatic carbocycles. The second-order valence-corrected chi connectivity index (χ2v) is 5.37. The number of methoxy groups -OCH3 is 1. The van der Waals surface area contributed by atoms with Crippen molar-refractivity contribution in [3.63, 3.8) is 0 Å². The highest BCUT2D eigenvalue weighted by Gasteiger charge is 2.12. The molecule has 0 saturated carbocycles. The maximum Gasteiger partial charge on any atom is 0.153 e. The molecule has 5 heteroatoms. The molecular formula is C16H14Cl2O3. The summed E-state index contributed by atoms with van der Waals surface area (Å²) in [6, 6.07) is 8.85. The Morgan fingerprint density at radius 3 is 2.62 bits per heavy atom. The molecule has 0 aromatic heterocycles. The maximum atomic E-state index is 11.1. The van der Waals surface area contributed by atoms with Crippen molar-refractivity contribution < 1.29 is 14.3 Å². The van der Waals surface area contributed by atoms with E-state index in [2.05, 4.69) is 0 Å². The zero-order valence-electron chi connectivity index (χ0n) is 11.7. The Kier molecular flexibility index (Phi) is 5.10. The van der Waals surface area contributed by atoms with Crippen molar-refractivity contribution in [3.8, 4) is 11.5 Å². The van der Waals surface area contributed by atoms with Gasteiger partial charge in [-0.1, -0.05) is 34.8 Å². The van der Waals surface area contributed by atoms with E-state index in [0.29, 0.717) is 27.6 Å². The average Bonchev–Trinajstić information content (AvgIpc) is 2.45. The lowest BCUT2D eigenvalue weighted by molar-refractivity contribution is 0.111. The largest absolute Gasteiger partial charge is 0.496 e. The van der Waals surface area contributed by atoms with E-state index in [1.54, 1.807) is 13.2 Å². The van der Waals surface area contributed by atoms with E-state index in [9.17, 15) is 4.79 Å². The minimum Gasteiger partial charge on any atom is -0.496 e. The minimum atomic E-state index is 0.243. The van der Waals surface area contributed by atoms with Gasteiger partial charge in [0.05, 0.1) is 17.7 Å². The molecule has 2 aromatic carbocycles. The van der Waals surface area contributed by atoms with Crippen LogP contribution in [-0.4, -0.2) is 13.4 Å². The van der Waals surface area contributed by atoms with Crippen LogP contribution in [0.3, 0.4) is 0 Å². The van der Waals surface area contributed by atoms with E-state index in [1.165, 1.54) is 6.07 Å². The Bertz CT molecular complexity index is 669. The third kappa shape index (κ3) is 3.69. The number of carbonyl (C=O) groups is 1. The van der Waals surface area contributed by atoms with Gasteiger partial charge in [-0.05, 0) is 31.2 Å². The summed E-state index contributed by atoms with van der Waals surface area (Å²) in [7, 11) is 1.60. The fourth-order valence-corrected chi connectivity index (χ4v) is 2.55. The molecule has 0 fully saturated rings. The van der Waals surface area contributed by atoms with Gasteiger partial charge in [-0.25, -0.2) is 0 Å². The van der Waals surface area contributed by atoms with Gasteiger partial charge in [0.1, 0.15) is 18.1 Å². The molecule has 0 heterocycles. The van der Waals surface area contributed by atoms with Crippen LogP contribution in [0.15, 0.2) is 30.3 Å². The minimum absolute atomic E-state index is 0.243. The summed E-state index contributed by atoms with van der Waals surface area (Å²) in [6.07, 6.45) is 0.667. The van der Waals surface area contributed by atoms with Crippen LogP contribution in [0.5, 0.6) is 11.5 Å². The molecular weight excluding hydrogens is 311 g/mol. The standard InChI is InChI=1S/C16H14Cl2O3/c1-10-3-4-15(20-2)12(5-10)9-21-16-11(8-19)6-13(17)7-14(16)18/h3-8H,9H2,1-2H3. The van der Waals surface area contributed by atoms with E-state index in [-0.39, 0.29) is 6.61 Å². The van der Waals surface area contributed by atoms with Gasteiger partial charge in [-0.15, -0.1) is 0 Å². The number of hydrogen-bond acceptors (Lipinski definition) is 3. The van der Waals surface area contributed by atoms with Crippen LogP contribution in [0.1, 0.15) is 21.5 Å². The van der Waals surface area contributed by atoms with Crippen LogP contribution in [0, 0.1) is 6.92 Å². The van der Waals surface area contributed by atoms with E-state index in [4.69, 9.17) is 32.7 Å². The van der Waals surface area contributed by atoms with Crippen LogP contribution in [0.25, 0.3) is 0 Å². The molecule has 0 bridgehead atoms. The number of halogens is 2. The molecule has 0 aliphatic rings. The SMILES string of the molecule is COc1ccc(C)cc1COc1c(Cl)cc(Cl)cc1C=O. The van der Waals surface area contributed by atoms with Crippen LogP contribution < -0.4 is 9.47 Å². The van der Waals surface area contributed by atoms with Gasteiger partial charge in [-0.3, -0.25) is 4.79 Å². The van der Waals surface area contributed by atoms with Crippen LogP contribution >= 0.6 is 23.2 Å². The topological polar surface area (TPSA) is 35.5 Å².